The minimum atomic E-state index is -0.209. The molecule has 0 spiro atoms. The van der Waals surface area contributed by atoms with Crippen LogP contribution in [0.25, 0.3) is 0 Å². The lowest BCUT2D eigenvalue weighted by atomic mass is 9.96. The Balaban J connectivity index is 3.07. The van der Waals surface area contributed by atoms with E-state index in [9.17, 15) is 4.39 Å². The lowest BCUT2D eigenvalue weighted by Gasteiger charge is -2.21. The van der Waals surface area contributed by atoms with Crippen LogP contribution in [-0.4, -0.2) is 14.2 Å². The van der Waals surface area contributed by atoms with E-state index in [-0.39, 0.29) is 11.9 Å². The van der Waals surface area contributed by atoms with Gasteiger partial charge in [-0.2, -0.15) is 0 Å². The molecule has 0 aromatic heterocycles. The number of nitrogens with one attached hydrogen (secondary N) is 1. The van der Waals surface area contributed by atoms with Gasteiger partial charge in [-0.25, -0.2) is 4.39 Å². The Bertz CT molecular complexity index is 339. The molecule has 2 nitrogen and oxygen atoms in total. The second-order valence-corrected chi connectivity index (χ2v) is 4.33. The maximum atomic E-state index is 13.8. The Labute approximate surface area is 96.8 Å². The average molecular weight is 225 g/mol. The molecular formula is C13H20FNO. The standard InChI is InChI=1S/C13H20FNO/c1-9(2)8-11(15-3)13-10(14)6-5-7-12(13)16-4/h5-7,9,11,15H,8H2,1-4H3. The summed E-state index contributed by atoms with van der Waals surface area (Å²) in [6.45, 7) is 4.25. The van der Waals surface area contributed by atoms with Gasteiger partial charge in [-0.1, -0.05) is 19.9 Å². The van der Waals surface area contributed by atoms with Crippen molar-refractivity contribution in [2.24, 2.45) is 5.92 Å². The van der Waals surface area contributed by atoms with Crippen LogP contribution in [0.3, 0.4) is 0 Å². The molecule has 0 amide bonds. The Kier molecular flexibility index (Phi) is 4.74. The maximum Gasteiger partial charge on any atom is 0.131 e. The van der Waals surface area contributed by atoms with Gasteiger partial charge >= 0.3 is 0 Å². The van der Waals surface area contributed by atoms with Gasteiger partial charge in [0, 0.05) is 11.6 Å². The Hall–Kier alpha value is -1.09. The molecule has 1 N–H and O–H groups in total. The molecule has 0 aliphatic rings. The van der Waals surface area contributed by atoms with E-state index >= 15 is 0 Å². The van der Waals surface area contributed by atoms with Crippen LogP contribution in [0.15, 0.2) is 18.2 Å². The highest BCUT2D eigenvalue weighted by Crippen LogP contribution is 2.31. The number of halogens is 1. The fraction of sp³-hybridized carbons (Fsp3) is 0.538. The summed E-state index contributed by atoms with van der Waals surface area (Å²) in [6.07, 6.45) is 0.883. The van der Waals surface area contributed by atoms with Crippen molar-refractivity contribution in [1.29, 1.82) is 0 Å². The third kappa shape index (κ3) is 2.95. The summed E-state index contributed by atoms with van der Waals surface area (Å²) in [5, 5.41) is 3.15. The van der Waals surface area contributed by atoms with Gasteiger partial charge in [0.05, 0.1) is 7.11 Å². The largest absolute Gasteiger partial charge is 0.496 e. The average Bonchev–Trinajstić information content (AvgIpc) is 2.25. The summed E-state index contributed by atoms with van der Waals surface area (Å²) >= 11 is 0. The van der Waals surface area contributed by atoms with Crippen molar-refractivity contribution >= 4 is 0 Å². The van der Waals surface area contributed by atoms with Crippen molar-refractivity contribution in [3.8, 4) is 5.75 Å². The lowest BCUT2D eigenvalue weighted by Crippen LogP contribution is -2.20. The molecule has 0 heterocycles. The lowest BCUT2D eigenvalue weighted by molar-refractivity contribution is 0.378. The smallest absolute Gasteiger partial charge is 0.131 e. The molecule has 1 aromatic rings. The van der Waals surface area contributed by atoms with Crippen LogP contribution in [0.4, 0.5) is 4.39 Å². The third-order valence-electron chi connectivity index (χ3n) is 2.64. The van der Waals surface area contributed by atoms with Gasteiger partial charge in [-0.3, -0.25) is 0 Å². The second-order valence-electron chi connectivity index (χ2n) is 4.33. The zero-order valence-corrected chi connectivity index (χ0v) is 10.4. The van der Waals surface area contributed by atoms with E-state index in [1.54, 1.807) is 19.2 Å². The topological polar surface area (TPSA) is 21.3 Å². The van der Waals surface area contributed by atoms with Crippen molar-refractivity contribution in [3.05, 3.63) is 29.6 Å². The predicted molar refractivity (Wildman–Crippen MR) is 64.2 cm³/mol. The fourth-order valence-electron chi connectivity index (χ4n) is 1.88. The maximum absolute atomic E-state index is 13.8. The van der Waals surface area contributed by atoms with Gasteiger partial charge in [0.15, 0.2) is 0 Å². The van der Waals surface area contributed by atoms with Crippen LogP contribution < -0.4 is 10.1 Å². The van der Waals surface area contributed by atoms with Gasteiger partial charge in [0.25, 0.3) is 0 Å². The molecule has 90 valence electrons. The van der Waals surface area contributed by atoms with Crippen molar-refractivity contribution in [1.82, 2.24) is 5.32 Å². The van der Waals surface area contributed by atoms with Gasteiger partial charge in [-0.05, 0) is 31.5 Å². The van der Waals surface area contributed by atoms with E-state index in [0.717, 1.165) is 6.42 Å². The van der Waals surface area contributed by atoms with E-state index in [4.69, 9.17) is 4.74 Å². The Morgan fingerprint density at radius 1 is 1.38 bits per heavy atom. The summed E-state index contributed by atoms with van der Waals surface area (Å²) in [5.74, 6) is 0.904. The first kappa shape index (κ1) is 13.0. The van der Waals surface area contributed by atoms with Crippen molar-refractivity contribution in [3.63, 3.8) is 0 Å². The van der Waals surface area contributed by atoms with E-state index in [1.165, 1.54) is 6.07 Å². The van der Waals surface area contributed by atoms with E-state index in [1.807, 2.05) is 7.05 Å². The summed E-state index contributed by atoms with van der Waals surface area (Å²) in [4.78, 5) is 0. The van der Waals surface area contributed by atoms with Gasteiger partial charge < -0.3 is 10.1 Å². The second kappa shape index (κ2) is 5.85. The monoisotopic (exact) mass is 225 g/mol. The quantitative estimate of drug-likeness (QED) is 0.831. The molecule has 16 heavy (non-hydrogen) atoms. The molecule has 0 aliphatic heterocycles. The molecule has 1 atom stereocenters. The van der Waals surface area contributed by atoms with E-state index < -0.39 is 0 Å². The normalized spacial score (nSPS) is 12.9. The van der Waals surface area contributed by atoms with Crippen LogP contribution in [0.1, 0.15) is 31.9 Å². The zero-order chi connectivity index (χ0) is 12.1. The Morgan fingerprint density at radius 3 is 2.56 bits per heavy atom. The van der Waals surface area contributed by atoms with Crippen molar-refractivity contribution < 1.29 is 9.13 Å². The predicted octanol–water partition coefficient (Wildman–Crippen LogP) is 3.14. The third-order valence-corrected chi connectivity index (χ3v) is 2.64. The number of hydrogen-bond acceptors (Lipinski definition) is 2. The fourth-order valence-corrected chi connectivity index (χ4v) is 1.88. The number of rotatable bonds is 5. The highest BCUT2D eigenvalue weighted by molar-refractivity contribution is 5.37. The molecule has 0 saturated heterocycles. The van der Waals surface area contributed by atoms with Crippen molar-refractivity contribution in [2.45, 2.75) is 26.3 Å². The molecule has 1 aromatic carbocycles. The number of methoxy groups -OCH3 is 1. The first-order valence-electron chi connectivity index (χ1n) is 5.59. The van der Waals surface area contributed by atoms with Crippen LogP contribution >= 0.6 is 0 Å². The summed E-state index contributed by atoms with van der Waals surface area (Å²) in [7, 11) is 3.42. The summed E-state index contributed by atoms with van der Waals surface area (Å²) < 4.78 is 19.0. The molecular weight excluding hydrogens is 205 g/mol. The first-order chi connectivity index (χ1) is 7.60. The minimum Gasteiger partial charge on any atom is -0.496 e. The van der Waals surface area contributed by atoms with Crippen molar-refractivity contribution in [2.75, 3.05) is 14.2 Å². The van der Waals surface area contributed by atoms with Crippen LogP contribution in [-0.2, 0) is 0 Å². The van der Waals surface area contributed by atoms with E-state index in [0.29, 0.717) is 17.2 Å². The molecule has 0 radical (unpaired) electrons. The molecule has 0 aliphatic carbocycles. The van der Waals surface area contributed by atoms with E-state index in [2.05, 4.69) is 19.2 Å². The highest BCUT2D eigenvalue weighted by atomic mass is 19.1. The molecule has 3 heteroatoms. The van der Waals surface area contributed by atoms with Crippen LogP contribution in [0.5, 0.6) is 5.75 Å². The van der Waals surface area contributed by atoms with Crippen LogP contribution in [0.2, 0.25) is 0 Å². The number of hydrogen-bond donors (Lipinski definition) is 1. The number of benzene rings is 1. The minimum absolute atomic E-state index is 0.00356. The molecule has 0 saturated carbocycles. The number of ether oxygens (including phenoxy) is 1. The first-order valence-corrected chi connectivity index (χ1v) is 5.59. The molecule has 0 fully saturated rings. The summed E-state index contributed by atoms with van der Waals surface area (Å²) in [5.41, 5.74) is 0.626. The zero-order valence-electron chi connectivity index (χ0n) is 10.4. The molecule has 1 rings (SSSR count). The van der Waals surface area contributed by atoms with Gasteiger partial charge in [0.1, 0.15) is 11.6 Å². The summed E-state index contributed by atoms with van der Waals surface area (Å²) in [6, 6.07) is 4.93. The van der Waals surface area contributed by atoms with Crippen LogP contribution in [0, 0.1) is 11.7 Å². The Morgan fingerprint density at radius 2 is 2.06 bits per heavy atom. The van der Waals surface area contributed by atoms with Gasteiger partial charge in [-0.15, -0.1) is 0 Å². The van der Waals surface area contributed by atoms with Gasteiger partial charge in [0.2, 0.25) is 0 Å². The highest BCUT2D eigenvalue weighted by Gasteiger charge is 2.19. The molecule has 1 unspecified atom stereocenters. The SMILES string of the molecule is CNC(CC(C)C)c1c(F)cccc1OC. The molecule has 0 bridgehead atoms.